The molecule has 0 unspecified atom stereocenters. The van der Waals surface area contributed by atoms with Crippen LogP contribution in [0.3, 0.4) is 0 Å². The largest absolute Gasteiger partial charge is 0.473 e. The van der Waals surface area contributed by atoms with Crippen LogP contribution in [-0.4, -0.2) is 90.1 Å². The van der Waals surface area contributed by atoms with E-state index in [2.05, 4.69) is 27.0 Å². The Kier molecular flexibility index (Phi) is 9.01. The van der Waals surface area contributed by atoms with E-state index < -0.39 is 21.7 Å². The van der Waals surface area contributed by atoms with Crippen molar-refractivity contribution in [2.45, 2.75) is 38.4 Å². The van der Waals surface area contributed by atoms with E-state index in [1.807, 2.05) is 32.0 Å². The molecule has 2 fully saturated rings. The lowest BCUT2D eigenvalue weighted by atomic mass is 9.83. The van der Waals surface area contributed by atoms with Crippen molar-refractivity contribution in [3.8, 4) is 17.1 Å². The quantitative estimate of drug-likeness (QED) is 0.454. The maximum atomic E-state index is 11.9. The molecule has 0 radical (unpaired) electrons. The minimum Gasteiger partial charge on any atom is -0.473 e. The van der Waals surface area contributed by atoms with Gasteiger partial charge < -0.3 is 19.5 Å². The molecule has 0 saturated carbocycles. The maximum absolute atomic E-state index is 11.9. The normalized spacial score (nSPS) is 19.6. The molecule has 0 aliphatic carbocycles. The Bertz CT molecular complexity index is 1370. The first kappa shape index (κ1) is 29.5. The molecule has 2 aromatic heterocycles. The number of benzene rings is 1. The van der Waals surface area contributed by atoms with Gasteiger partial charge in [0.2, 0.25) is 15.9 Å². The number of rotatable bonds is 7. The fourth-order valence-electron chi connectivity index (χ4n) is 5.15. The van der Waals surface area contributed by atoms with Gasteiger partial charge in [-0.3, -0.25) is 4.98 Å². The van der Waals surface area contributed by atoms with E-state index in [0.717, 1.165) is 37.2 Å². The van der Waals surface area contributed by atoms with Crippen molar-refractivity contribution < 1.29 is 23.0 Å². The topological polar surface area (TPSA) is 118 Å². The van der Waals surface area contributed by atoms with Crippen LogP contribution >= 0.6 is 13.5 Å². The molecule has 10 nitrogen and oxygen atoms in total. The Morgan fingerprint density at radius 1 is 1.10 bits per heavy atom. The molecule has 0 spiro atoms. The number of sulfonamides is 1. The predicted molar refractivity (Wildman–Crippen MR) is 156 cm³/mol. The molecule has 39 heavy (non-hydrogen) atoms. The van der Waals surface area contributed by atoms with Gasteiger partial charge in [-0.15, -0.1) is 0 Å². The van der Waals surface area contributed by atoms with Crippen LogP contribution in [0.15, 0.2) is 42.7 Å². The van der Waals surface area contributed by atoms with Gasteiger partial charge in [0.25, 0.3) is 0 Å². The van der Waals surface area contributed by atoms with Crippen LogP contribution in [0.2, 0.25) is 0 Å². The summed E-state index contributed by atoms with van der Waals surface area (Å²) in [7, 11) is -3.30. The molecule has 12 heteroatoms. The second-order valence-corrected chi connectivity index (χ2v) is 12.6. The molecule has 1 N–H and O–H groups in total. The minimum absolute atomic E-state index is 0. The van der Waals surface area contributed by atoms with Crippen LogP contribution in [0.5, 0.6) is 5.88 Å². The number of aromatic nitrogens is 3. The van der Waals surface area contributed by atoms with E-state index in [1.165, 1.54) is 10.6 Å². The molecule has 3 aromatic rings. The molecular formula is C27H37N5O5S2. The van der Waals surface area contributed by atoms with Gasteiger partial charge >= 0.3 is 0 Å². The third-order valence-electron chi connectivity index (χ3n) is 7.42. The highest BCUT2D eigenvalue weighted by Crippen LogP contribution is 2.32. The van der Waals surface area contributed by atoms with Crippen LogP contribution in [0.1, 0.15) is 26.7 Å². The summed E-state index contributed by atoms with van der Waals surface area (Å²) in [6.07, 6.45) is 5.94. The monoisotopic (exact) mass is 575 g/mol. The van der Waals surface area contributed by atoms with Gasteiger partial charge in [-0.25, -0.2) is 18.4 Å². The zero-order valence-electron chi connectivity index (χ0n) is 22.6. The first-order chi connectivity index (χ1) is 18.1. The average molecular weight is 576 g/mol. The third kappa shape index (κ3) is 6.98. The highest BCUT2D eigenvalue weighted by atomic mass is 32.2. The van der Waals surface area contributed by atoms with E-state index in [-0.39, 0.29) is 26.6 Å². The maximum Gasteiger partial charge on any atom is 0.242 e. The van der Waals surface area contributed by atoms with Gasteiger partial charge in [0, 0.05) is 49.8 Å². The third-order valence-corrected chi connectivity index (χ3v) is 8.69. The summed E-state index contributed by atoms with van der Waals surface area (Å²) >= 11 is 0. The van der Waals surface area contributed by atoms with Crippen molar-refractivity contribution in [3.63, 3.8) is 0 Å². The average Bonchev–Trinajstić information content (AvgIpc) is 2.91. The summed E-state index contributed by atoms with van der Waals surface area (Å²) in [5.41, 5.74) is 3.34. The van der Waals surface area contributed by atoms with E-state index in [0.29, 0.717) is 41.7 Å². The smallest absolute Gasteiger partial charge is 0.242 e. The van der Waals surface area contributed by atoms with Gasteiger partial charge in [0.1, 0.15) is 12.7 Å². The zero-order chi connectivity index (χ0) is 26.9. The van der Waals surface area contributed by atoms with E-state index in [1.54, 1.807) is 12.4 Å². The zero-order valence-corrected chi connectivity index (χ0v) is 24.4. The van der Waals surface area contributed by atoms with Crippen molar-refractivity contribution in [1.82, 2.24) is 19.3 Å². The van der Waals surface area contributed by atoms with Crippen molar-refractivity contribution >= 4 is 40.2 Å². The molecule has 212 valence electrons. The number of aliphatic hydroxyl groups is 1. The molecule has 2 saturated heterocycles. The molecule has 1 aromatic carbocycles. The SMILES string of the molecule is CC(C)(O)C1CCN(c2ccc(-c3cc4nccnc4c(OC[C@@H]4CN(S(C)(=O)=O)CCO4)n3)cc2)CC1.S. The van der Waals surface area contributed by atoms with Crippen LogP contribution < -0.4 is 9.64 Å². The van der Waals surface area contributed by atoms with Crippen molar-refractivity contribution in [3.05, 3.63) is 42.7 Å². The summed E-state index contributed by atoms with van der Waals surface area (Å²) in [5, 5.41) is 10.3. The lowest BCUT2D eigenvalue weighted by Gasteiger charge is -2.38. The van der Waals surface area contributed by atoms with Crippen molar-refractivity contribution in [2.24, 2.45) is 5.92 Å². The standard InChI is InChI=1S/C27H35N5O5S.H2S/c1-27(2,33)20-8-12-31(13-9-20)21-6-4-19(5-7-21)23-16-24-25(29-11-10-28-24)26(30-23)37-18-22-17-32(14-15-36-22)38(3,34)35;/h4-7,10-11,16,20,22,33H,8-9,12-15,17-18H2,1-3H3;1H2/t22-;/m0./s1. The number of anilines is 1. The van der Waals surface area contributed by atoms with Crippen LogP contribution in [0.25, 0.3) is 22.3 Å². The van der Waals surface area contributed by atoms with Crippen LogP contribution in [0.4, 0.5) is 5.69 Å². The summed E-state index contributed by atoms with van der Waals surface area (Å²) in [6, 6.07) is 10.2. The van der Waals surface area contributed by atoms with E-state index in [4.69, 9.17) is 14.5 Å². The number of pyridine rings is 1. The molecule has 2 aliphatic heterocycles. The number of fused-ring (bicyclic) bond motifs is 1. The Morgan fingerprint density at radius 2 is 1.79 bits per heavy atom. The summed E-state index contributed by atoms with van der Waals surface area (Å²) in [6.45, 7) is 6.65. The summed E-state index contributed by atoms with van der Waals surface area (Å²) in [4.78, 5) is 16.0. The molecule has 4 heterocycles. The minimum atomic E-state index is -3.30. The number of piperidine rings is 1. The van der Waals surface area contributed by atoms with Crippen LogP contribution in [0, 0.1) is 5.92 Å². The highest BCUT2D eigenvalue weighted by molar-refractivity contribution is 7.88. The number of hydrogen-bond donors (Lipinski definition) is 1. The van der Waals surface area contributed by atoms with Gasteiger partial charge in [0.05, 0.1) is 29.7 Å². The Labute approximate surface area is 236 Å². The number of ether oxygens (including phenoxy) is 2. The highest BCUT2D eigenvalue weighted by Gasteiger charge is 2.31. The number of morpholine rings is 1. The Hall–Kier alpha value is -2.51. The van der Waals surface area contributed by atoms with Gasteiger partial charge in [-0.1, -0.05) is 12.1 Å². The molecule has 0 amide bonds. The lowest BCUT2D eigenvalue weighted by molar-refractivity contribution is -0.0252. The lowest BCUT2D eigenvalue weighted by Crippen LogP contribution is -2.47. The fourth-order valence-corrected chi connectivity index (χ4v) is 5.99. The Morgan fingerprint density at radius 3 is 2.46 bits per heavy atom. The van der Waals surface area contributed by atoms with Gasteiger partial charge in [-0.2, -0.15) is 17.8 Å². The van der Waals surface area contributed by atoms with E-state index in [9.17, 15) is 13.5 Å². The predicted octanol–water partition coefficient (Wildman–Crippen LogP) is 2.83. The molecule has 5 rings (SSSR count). The Balaban J connectivity index is 0.00000353. The number of nitrogens with zero attached hydrogens (tertiary/aromatic N) is 5. The summed E-state index contributed by atoms with van der Waals surface area (Å²) in [5.74, 6) is 0.649. The van der Waals surface area contributed by atoms with E-state index >= 15 is 0 Å². The molecule has 1 atom stereocenters. The molecular weight excluding hydrogens is 538 g/mol. The fraction of sp³-hybridized carbons (Fsp3) is 0.519. The van der Waals surface area contributed by atoms with Gasteiger partial charge in [-0.05, 0) is 50.8 Å². The van der Waals surface area contributed by atoms with Gasteiger partial charge in [0.15, 0.2) is 5.52 Å². The number of hydrogen-bond acceptors (Lipinski definition) is 9. The molecule has 2 aliphatic rings. The van der Waals surface area contributed by atoms with Crippen molar-refractivity contribution in [2.75, 3.05) is 50.5 Å². The first-order valence-electron chi connectivity index (χ1n) is 13.0. The first-order valence-corrected chi connectivity index (χ1v) is 14.8. The molecule has 0 bridgehead atoms. The van der Waals surface area contributed by atoms with Crippen LogP contribution in [-0.2, 0) is 14.8 Å². The summed E-state index contributed by atoms with van der Waals surface area (Å²) < 4.78 is 37.1. The van der Waals surface area contributed by atoms with Crippen molar-refractivity contribution in [1.29, 1.82) is 0 Å². The second kappa shape index (κ2) is 11.9. The second-order valence-electron chi connectivity index (χ2n) is 10.6.